The SMILES string of the molecule is CCCCCCCCC/C=C\CCCCCCCCCC(=O)OC(CO)COCCCCCCCCCCCCCCCCCCCCCCCCCCCC. The summed E-state index contributed by atoms with van der Waals surface area (Å²) in [5.41, 5.74) is 0. The Kier molecular flexibility index (Phi) is 49.5. The summed E-state index contributed by atoms with van der Waals surface area (Å²) in [7, 11) is 0. The van der Waals surface area contributed by atoms with Crippen molar-refractivity contribution in [2.45, 2.75) is 296 Å². The molecule has 0 aromatic carbocycles. The molecule has 0 rings (SSSR count). The van der Waals surface area contributed by atoms with E-state index in [1.54, 1.807) is 0 Å². The fourth-order valence-electron chi connectivity index (χ4n) is 7.97. The molecule has 0 amide bonds. The minimum absolute atomic E-state index is 0.167. The van der Waals surface area contributed by atoms with E-state index in [4.69, 9.17) is 9.47 Å². The molecule has 0 bridgehead atoms. The number of ether oxygens (including phenoxy) is 2. The molecule has 1 atom stereocenters. The summed E-state index contributed by atoms with van der Waals surface area (Å²) in [5, 5.41) is 9.64. The lowest BCUT2D eigenvalue weighted by Gasteiger charge is -2.16. The van der Waals surface area contributed by atoms with E-state index < -0.39 is 6.10 Å². The van der Waals surface area contributed by atoms with Gasteiger partial charge in [-0.2, -0.15) is 0 Å². The van der Waals surface area contributed by atoms with Gasteiger partial charge in [0, 0.05) is 13.0 Å². The third kappa shape index (κ3) is 47.5. The number of esters is 1. The molecule has 56 heavy (non-hydrogen) atoms. The smallest absolute Gasteiger partial charge is 0.306 e. The summed E-state index contributed by atoms with van der Waals surface area (Å²) in [6, 6.07) is 0. The quantitative estimate of drug-likeness (QED) is 0.0379. The molecule has 0 aliphatic carbocycles. The van der Waals surface area contributed by atoms with Gasteiger partial charge in [0.25, 0.3) is 0 Å². The molecule has 334 valence electrons. The second-order valence-corrected chi connectivity index (χ2v) is 17.6. The molecule has 0 saturated carbocycles. The van der Waals surface area contributed by atoms with Gasteiger partial charge in [-0.3, -0.25) is 4.79 Å². The summed E-state index contributed by atoms with van der Waals surface area (Å²) >= 11 is 0. The number of carbonyl (C=O) groups is 1. The number of carbonyl (C=O) groups excluding carboxylic acids is 1. The lowest BCUT2D eigenvalue weighted by atomic mass is 10.0. The van der Waals surface area contributed by atoms with Gasteiger partial charge in [0.05, 0.1) is 13.2 Å². The molecule has 0 aromatic rings. The highest BCUT2D eigenvalue weighted by atomic mass is 16.6. The van der Waals surface area contributed by atoms with Gasteiger partial charge in [-0.1, -0.05) is 257 Å². The Hall–Kier alpha value is -0.870. The van der Waals surface area contributed by atoms with Crippen molar-refractivity contribution in [2.75, 3.05) is 19.8 Å². The molecular weight excluding hydrogens is 689 g/mol. The fourth-order valence-corrected chi connectivity index (χ4v) is 7.97. The second kappa shape index (κ2) is 50.3. The largest absolute Gasteiger partial charge is 0.457 e. The van der Waals surface area contributed by atoms with E-state index in [1.807, 2.05) is 0 Å². The standard InChI is InChI=1S/C52H102O4/c1-3-5-7-9-11-13-15-17-19-21-23-24-25-26-27-28-29-30-32-34-36-38-40-42-44-46-48-55-50-51(49-53)56-52(54)47-45-43-41-39-37-35-33-31-22-20-18-16-14-12-10-8-6-4-2/h20,22,51,53H,3-19,21,23-50H2,1-2H3/b22-20-. The van der Waals surface area contributed by atoms with Crippen LogP contribution in [0.1, 0.15) is 290 Å². The van der Waals surface area contributed by atoms with Crippen LogP contribution in [0.4, 0.5) is 0 Å². The first kappa shape index (κ1) is 55.1. The van der Waals surface area contributed by atoms with Gasteiger partial charge in [0.1, 0.15) is 6.10 Å². The first-order valence-corrected chi connectivity index (χ1v) is 25.8. The summed E-state index contributed by atoms with van der Waals surface area (Å²) in [5.74, 6) is -0.198. The lowest BCUT2D eigenvalue weighted by Crippen LogP contribution is -2.27. The Morgan fingerprint density at radius 1 is 0.411 bits per heavy atom. The van der Waals surface area contributed by atoms with Crippen LogP contribution in [0.25, 0.3) is 0 Å². The second-order valence-electron chi connectivity index (χ2n) is 17.6. The van der Waals surface area contributed by atoms with Gasteiger partial charge in [-0.25, -0.2) is 0 Å². The minimum Gasteiger partial charge on any atom is -0.457 e. The van der Waals surface area contributed by atoms with Crippen LogP contribution < -0.4 is 0 Å². The highest BCUT2D eigenvalue weighted by molar-refractivity contribution is 5.69. The van der Waals surface area contributed by atoms with Crippen molar-refractivity contribution in [2.24, 2.45) is 0 Å². The molecule has 1 N–H and O–H groups in total. The van der Waals surface area contributed by atoms with Crippen molar-refractivity contribution < 1.29 is 19.4 Å². The molecule has 0 radical (unpaired) electrons. The van der Waals surface area contributed by atoms with Gasteiger partial charge in [0.15, 0.2) is 0 Å². The first-order chi connectivity index (χ1) is 27.7. The van der Waals surface area contributed by atoms with Crippen molar-refractivity contribution in [1.82, 2.24) is 0 Å². The number of aliphatic hydroxyl groups is 1. The average Bonchev–Trinajstić information content (AvgIpc) is 3.20. The first-order valence-electron chi connectivity index (χ1n) is 25.8. The van der Waals surface area contributed by atoms with E-state index in [0.29, 0.717) is 19.6 Å². The minimum atomic E-state index is -0.531. The third-order valence-electron chi connectivity index (χ3n) is 11.8. The van der Waals surface area contributed by atoms with E-state index in [9.17, 15) is 9.90 Å². The number of aliphatic hydroxyl groups excluding tert-OH is 1. The molecule has 0 aliphatic heterocycles. The molecule has 4 nitrogen and oxygen atoms in total. The molecule has 0 aliphatic rings. The predicted octanol–water partition coefficient (Wildman–Crippen LogP) is 17.3. The zero-order valence-corrected chi connectivity index (χ0v) is 38.4. The van der Waals surface area contributed by atoms with Crippen LogP contribution in [0.2, 0.25) is 0 Å². The van der Waals surface area contributed by atoms with Gasteiger partial charge in [0.2, 0.25) is 0 Å². The zero-order valence-electron chi connectivity index (χ0n) is 38.4. The molecular formula is C52H102O4. The van der Waals surface area contributed by atoms with Crippen molar-refractivity contribution in [3.8, 4) is 0 Å². The maximum Gasteiger partial charge on any atom is 0.306 e. The molecule has 1 unspecified atom stereocenters. The Labute approximate surface area is 352 Å². The summed E-state index contributed by atoms with van der Waals surface area (Å²) < 4.78 is 11.2. The molecule has 0 aromatic heterocycles. The maximum absolute atomic E-state index is 12.2. The lowest BCUT2D eigenvalue weighted by molar-refractivity contribution is -0.154. The van der Waals surface area contributed by atoms with E-state index in [2.05, 4.69) is 26.0 Å². The fraction of sp³-hybridized carbons (Fsp3) is 0.942. The highest BCUT2D eigenvalue weighted by Crippen LogP contribution is 2.17. The Balaban J connectivity index is 3.33. The predicted molar refractivity (Wildman–Crippen MR) is 247 cm³/mol. The summed E-state index contributed by atoms with van der Waals surface area (Å²) in [6.07, 6.45) is 61.7. The van der Waals surface area contributed by atoms with E-state index in [0.717, 1.165) is 19.3 Å². The van der Waals surface area contributed by atoms with Crippen LogP contribution >= 0.6 is 0 Å². The monoisotopic (exact) mass is 791 g/mol. The number of allylic oxidation sites excluding steroid dienone is 2. The van der Waals surface area contributed by atoms with Crippen LogP contribution in [0.5, 0.6) is 0 Å². The molecule has 0 fully saturated rings. The third-order valence-corrected chi connectivity index (χ3v) is 11.8. The summed E-state index contributed by atoms with van der Waals surface area (Å²) in [6.45, 7) is 5.40. The van der Waals surface area contributed by atoms with Gasteiger partial charge >= 0.3 is 5.97 Å². The van der Waals surface area contributed by atoms with Crippen LogP contribution in [0.3, 0.4) is 0 Å². The van der Waals surface area contributed by atoms with Crippen LogP contribution in [-0.4, -0.2) is 37.0 Å². The molecule has 0 saturated heterocycles. The van der Waals surface area contributed by atoms with Gasteiger partial charge in [-0.15, -0.1) is 0 Å². The number of hydrogen-bond acceptors (Lipinski definition) is 4. The van der Waals surface area contributed by atoms with Crippen molar-refractivity contribution in [3.05, 3.63) is 12.2 Å². The van der Waals surface area contributed by atoms with Crippen LogP contribution in [-0.2, 0) is 14.3 Å². The summed E-state index contributed by atoms with van der Waals surface area (Å²) in [4.78, 5) is 12.2. The van der Waals surface area contributed by atoms with E-state index in [-0.39, 0.29) is 12.6 Å². The Morgan fingerprint density at radius 3 is 1.02 bits per heavy atom. The zero-order chi connectivity index (χ0) is 40.5. The highest BCUT2D eigenvalue weighted by Gasteiger charge is 2.13. The van der Waals surface area contributed by atoms with Crippen LogP contribution in [0.15, 0.2) is 12.2 Å². The maximum atomic E-state index is 12.2. The van der Waals surface area contributed by atoms with Gasteiger partial charge in [-0.05, 0) is 38.5 Å². The van der Waals surface area contributed by atoms with E-state index >= 15 is 0 Å². The Bertz CT molecular complexity index is 751. The molecule has 0 spiro atoms. The molecule has 4 heteroatoms. The normalized spacial score (nSPS) is 12.3. The van der Waals surface area contributed by atoms with E-state index in [1.165, 1.54) is 250 Å². The number of unbranched alkanes of at least 4 members (excludes halogenated alkanes) is 39. The van der Waals surface area contributed by atoms with Gasteiger partial charge < -0.3 is 14.6 Å². The van der Waals surface area contributed by atoms with Crippen molar-refractivity contribution in [1.29, 1.82) is 0 Å². The average molecular weight is 791 g/mol. The van der Waals surface area contributed by atoms with Crippen molar-refractivity contribution in [3.63, 3.8) is 0 Å². The van der Waals surface area contributed by atoms with Crippen LogP contribution in [0, 0.1) is 0 Å². The Morgan fingerprint density at radius 2 is 0.696 bits per heavy atom. The topological polar surface area (TPSA) is 55.8 Å². The van der Waals surface area contributed by atoms with Crippen molar-refractivity contribution >= 4 is 5.97 Å². The molecule has 0 heterocycles. The number of rotatable bonds is 49. The number of hydrogen-bond donors (Lipinski definition) is 1.